The molecule has 0 saturated carbocycles. The van der Waals surface area contributed by atoms with Crippen molar-refractivity contribution in [2.45, 2.75) is 11.0 Å². The molecule has 1 atom stereocenters. The van der Waals surface area contributed by atoms with Crippen molar-refractivity contribution in [2.75, 3.05) is 18.3 Å². The minimum atomic E-state index is -3.14. The number of aliphatic hydroxyl groups is 1. The summed E-state index contributed by atoms with van der Waals surface area (Å²) in [7, 11) is -3.14. The fraction of sp³-hybridized carbons (Fsp3) is 0.400. The van der Waals surface area contributed by atoms with Crippen LogP contribution in [-0.4, -0.2) is 31.8 Å². The molecule has 1 rings (SSSR count). The Balaban J connectivity index is 2.90. The van der Waals surface area contributed by atoms with Gasteiger partial charge in [-0.1, -0.05) is 12.1 Å². The molecule has 0 aliphatic heterocycles. The lowest BCUT2D eigenvalue weighted by Gasteiger charge is -2.09. The normalized spacial score (nSPS) is 13.8. The third kappa shape index (κ3) is 3.52. The first kappa shape index (κ1) is 12.5. The molecule has 0 saturated heterocycles. The largest absolute Gasteiger partial charge is 0.388 e. The molecular formula is C10H14O3S2. The highest BCUT2D eigenvalue weighted by atomic mass is 32.2. The fourth-order valence-corrected chi connectivity index (χ4v) is 2.33. The van der Waals surface area contributed by atoms with Crippen molar-refractivity contribution in [1.82, 2.24) is 0 Å². The zero-order chi connectivity index (χ0) is 11.5. The molecule has 0 radical (unpaired) electrons. The summed E-state index contributed by atoms with van der Waals surface area (Å²) in [6.07, 6.45) is 2.54. The van der Waals surface area contributed by atoms with Crippen LogP contribution in [0.5, 0.6) is 0 Å². The first-order valence-electron chi connectivity index (χ1n) is 4.42. The Bertz CT molecular complexity index is 409. The summed E-state index contributed by atoms with van der Waals surface area (Å²) >= 11 is 1.55. The summed E-state index contributed by atoms with van der Waals surface area (Å²) in [5.74, 6) is 0.609. The molecule has 0 fully saturated rings. The molecule has 3 nitrogen and oxygen atoms in total. The Morgan fingerprint density at radius 2 is 1.87 bits per heavy atom. The number of hydrogen-bond donors (Lipinski definition) is 1. The maximum absolute atomic E-state index is 11.2. The minimum Gasteiger partial charge on any atom is -0.388 e. The van der Waals surface area contributed by atoms with E-state index in [9.17, 15) is 13.5 Å². The Morgan fingerprint density at radius 3 is 2.27 bits per heavy atom. The van der Waals surface area contributed by atoms with Crippen molar-refractivity contribution in [3.05, 3.63) is 29.8 Å². The maximum Gasteiger partial charge on any atom is 0.175 e. The van der Waals surface area contributed by atoms with Crippen LogP contribution in [0.4, 0.5) is 0 Å². The summed E-state index contributed by atoms with van der Waals surface area (Å²) in [4.78, 5) is 0.280. The van der Waals surface area contributed by atoms with Crippen LogP contribution < -0.4 is 0 Å². The molecule has 1 aromatic rings. The van der Waals surface area contributed by atoms with Crippen LogP contribution in [0.15, 0.2) is 29.2 Å². The topological polar surface area (TPSA) is 54.4 Å². The van der Waals surface area contributed by atoms with Gasteiger partial charge in [-0.15, -0.1) is 0 Å². The quantitative estimate of drug-likeness (QED) is 0.874. The zero-order valence-electron chi connectivity index (χ0n) is 8.67. The number of benzene rings is 1. The molecule has 0 aromatic heterocycles. The third-order valence-electron chi connectivity index (χ3n) is 2.02. The van der Waals surface area contributed by atoms with Crippen LogP contribution in [0.2, 0.25) is 0 Å². The molecule has 0 bridgehead atoms. The smallest absolute Gasteiger partial charge is 0.175 e. The van der Waals surface area contributed by atoms with E-state index in [4.69, 9.17) is 0 Å². The van der Waals surface area contributed by atoms with Gasteiger partial charge >= 0.3 is 0 Å². The van der Waals surface area contributed by atoms with Crippen LogP contribution in [0, 0.1) is 0 Å². The second-order valence-corrected chi connectivity index (χ2v) is 6.24. The molecule has 1 N–H and O–H groups in total. The summed E-state index contributed by atoms with van der Waals surface area (Å²) in [5, 5.41) is 9.64. The summed E-state index contributed by atoms with van der Waals surface area (Å²) in [5.41, 5.74) is 0.747. The first-order chi connectivity index (χ1) is 6.95. The van der Waals surface area contributed by atoms with Crippen molar-refractivity contribution in [3.8, 4) is 0 Å². The van der Waals surface area contributed by atoms with Gasteiger partial charge in [0.05, 0.1) is 11.0 Å². The lowest BCUT2D eigenvalue weighted by molar-refractivity contribution is 0.204. The molecule has 5 heteroatoms. The van der Waals surface area contributed by atoms with Gasteiger partial charge in [0.1, 0.15) is 0 Å². The zero-order valence-corrected chi connectivity index (χ0v) is 10.3. The highest BCUT2D eigenvalue weighted by molar-refractivity contribution is 7.98. The van der Waals surface area contributed by atoms with E-state index in [1.807, 2.05) is 6.26 Å². The number of rotatable bonds is 4. The Morgan fingerprint density at radius 1 is 1.33 bits per heavy atom. The van der Waals surface area contributed by atoms with Gasteiger partial charge in [-0.3, -0.25) is 0 Å². The van der Waals surface area contributed by atoms with Crippen LogP contribution >= 0.6 is 11.8 Å². The van der Waals surface area contributed by atoms with Crippen LogP contribution in [0.1, 0.15) is 11.7 Å². The first-order valence-corrected chi connectivity index (χ1v) is 7.70. The van der Waals surface area contributed by atoms with Crippen molar-refractivity contribution < 1.29 is 13.5 Å². The number of hydrogen-bond acceptors (Lipinski definition) is 4. The summed E-state index contributed by atoms with van der Waals surface area (Å²) in [6, 6.07) is 6.34. The summed E-state index contributed by atoms with van der Waals surface area (Å²) < 4.78 is 22.3. The lowest BCUT2D eigenvalue weighted by Crippen LogP contribution is -2.02. The van der Waals surface area contributed by atoms with Gasteiger partial charge < -0.3 is 5.11 Å². The monoisotopic (exact) mass is 246 g/mol. The molecule has 15 heavy (non-hydrogen) atoms. The highest BCUT2D eigenvalue weighted by Gasteiger charge is 2.09. The maximum atomic E-state index is 11.2. The number of aliphatic hydroxyl groups excluding tert-OH is 1. The van der Waals surface area contributed by atoms with Gasteiger partial charge in [-0.2, -0.15) is 11.8 Å². The lowest BCUT2D eigenvalue weighted by atomic mass is 10.1. The Kier molecular flexibility index (Phi) is 4.19. The molecular weight excluding hydrogens is 232 g/mol. The van der Waals surface area contributed by atoms with E-state index < -0.39 is 15.9 Å². The van der Waals surface area contributed by atoms with Crippen molar-refractivity contribution >= 4 is 21.6 Å². The average molecular weight is 246 g/mol. The van der Waals surface area contributed by atoms with Gasteiger partial charge in [0, 0.05) is 12.0 Å². The van der Waals surface area contributed by atoms with Crippen LogP contribution in [-0.2, 0) is 9.84 Å². The van der Waals surface area contributed by atoms with Crippen LogP contribution in [0.25, 0.3) is 0 Å². The summed E-state index contributed by atoms with van der Waals surface area (Å²) in [6.45, 7) is 0. The van der Waals surface area contributed by atoms with E-state index in [2.05, 4.69) is 0 Å². The second-order valence-electron chi connectivity index (χ2n) is 3.31. The second kappa shape index (κ2) is 5.01. The van der Waals surface area contributed by atoms with Gasteiger partial charge in [-0.05, 0) is 24.0 Å². The van der Waals surface area contributed by atoms with Gasteiger partial charge in [-0.25, -0.2) is 8.42 Å². The van der Waals surface area contributed by atoms with E-state index in [0.717, 1.165) is 5.56 Å². The molecule has 0 aliphatic carbocycles. The average Bonchev–Trinajstić information content (AvgIpc) is 2.17. The SMILES string of the molecule is CSCC(O)c1ccc(S(C)(=O)=O)cc1. The van der Waals surface area contributed by atoms with E-state index >= 15 is 0 Å². The Labute approximate surface area is 94.4 Å². The molecule has 0 spiro atoms. The van der Waals surface area contributed by atoms with Crippen molar-refractivity contribution in [2.24, 2.45) is 0 Å². The standard InChI is InChI=1S/C10H14O3S2/c1-14-7-10(11)8-3-5-9(6-4-8)15(2,12)13/h3-6,10-11H,7H2,1-2H3. The van der Waals surface area contributed by atoms with E-state index in [0.29, 0.717) is 5.75 Å². The highest BCUT2D eigenvalue weighted by Crippen LogP contribution is 2.18. The van der Waals surface area contributed by atoms with E-state index in [1.54, 1.807) is 23.9 Å². The molecule has 0 aliphatic rings. The molecule has 1 aromatic carbocycles. The van der Waals surface area contributed by atoms with Crippen LogP contribution in [0.3, 0.4) is 0 Å². The number of thioether (sulfide) groups is 1. The predicted octanol–water partition coefficient (Wildman–Crippen LogP) is 1.49. The fourth-order valence-electron chi connectivity index (χ4n) is 1.19. The van der Waals surface area contributed by atoms with Gasteiger partial charge in [0.15, 0.2) is 9.84 Å². The van der Waals surface area contributed by atoms with E-state index in [1.165, 1.54) is 18.4 Å². The Hall–Kier alpha value is -0.520. The van der Waals surface area contributed by atoms with Crippen molar-refractivity contribution in [1.29, 1.82) is 0 Å². The van der Waals surface area contributed by atoms with E-state index in [-0.39, 0.29) is 4.90 Å². The predicted molar refractivity (Wildman–Crippen MR) is 62.9 cm³/mol. The molecule has 1 unspecified atom stereocenters. The molecule has 0 amide bonds. The van der Waals surface area contributed by atoms with Crippen molar-refractivity contribution in [3.63, 3.8) is 0 Å². The molecule has 0 heterocycles. The third-order valence-corrected chi connectivity index (χ3v) is 3.80. The molecule has 84 valence electrons. The van der Waals surface area contributed by atoms with Gasteiger partial charge in [0.25, 0.3) is 0 Å². The van der Waals surface area contributed by atoms with Gasteiger partial charge in [0.2, 0.25) is 0 Å². The minimum absolute atomic E-state index is 0.280. The number of sulfone groups is 1.